The van der Waals surface area contributed by atoms with Crippen molar-refractivity contribution in [1.29, 1.82) is 0 Å². The van der Waals surface area contributed by atoms with Gasteiger partial charge in [-0.1, -0.05) is 0 Å². The van der Waals surface area contributed by atoms with Crippen LogP contribution in [0.4, 0.5) is 0 Å². The predicted octanol–water partition coefficient (Wildman–Crippen LogP) is 2.40. The molecule has 0 radical (unpaired) electrons. The van der Waals surface area contributed by atoms with Crippen LogP contribution in [0.1, 0.15) is 19.8 Å². The van der Waals surface area contributed by atoms with Crippen LogP contribution in [-0.2, 0) is 4.79 Å². The van der Waals surface area contributed by atoms with E-state index in [4.69, 9.17) is 9.47 Å². The second kappa shape index (κ2) is 4.34. The second-order valence-electron chi connectivity index (χ2n) is 3.60. The number of carbonyl (C=O) groups is 1. The van der Waals surface area contributed by atoms with Crippen LogP contribution >= 0.6 is 0 Å². The Morgan fingerprint density at radius 2 is 1.87 bits per heavy atom. The van der Waals surface area contributed by atoms with Crippen molar-refractivity contribution in [2.45, 2.75) is 19.8 Å². The van der Waals surface area contributed by atoms with Gasteiger partial charge in [0.05, 0.1) is 12.5 Å². The summed E-state index contributed by atoms with van der Waals surface area (Å²) >= 11 is 0. The van der Waals surface area contributed by atoms with Crippen LogP contribution < -0.4 is 9.47 Å². The maximum absolute atomic E-state index is 11.3. The minimum Gasteiger partial charge on any atom is -0.494 e. The van der Waals surface area contributed by atoms with Gasteiger partial charge < -0.3 is 9.47 Å². The van der Waals surface area contributed by atoms with E-state index in [1.54, 1.807) is 24.3 Å². The van der Waals surface area contributed by atoms with Crippen molar-refractivity contribution >= 4 is 5.97 Å². The van der Waals surface area contributed by atoms with Crippen LogP contribution in [0.2, 0.25) is 0 Å². The Morgan fingerprint density at radius 1 is 1.27 bits per heavy atom. The summed E-state index contributed by atoms with van der Waals surface area (Å²) < 4.78 is 10.5. The largest absolute Gasteiger partial charge is 0.494 e. The summed E-state index contributed by atoms with van der Waals surface area (Å²) in [6, 6.07) is 7.12. The van der Waals surface area contributed by atoms with E-state index in [0.29, 0.717) is 12.4 Å². The van der Waals surface area contributed by atoms with E-state index >= 15 is 0 Å². The van der Waals surface area contributed by atoms with E-state index in [0.717, 1.165) is 18.6 Å². The highest BCUT2D eigenvalue weighted by molar-refractivity contribution is 5.77. The zero-order chi connectivity index (χ0) is 10.7. The Kier molecular flexibility index (Phi) is 2.90. The maximum atomic E-state index is 11.3. The highest BCUT2D eigenvalue weighted by Gasteiger charge is 2.31. The Balaban J connectivity index is 1.94. The van der Waals surface area contributed by atoms with E-state index < -0.39 is 0 Å². The molecule has 0 spiro atoms. The molecule has 0 saturated heterocycles. The fourth-order valence-electron chi connectivity index (χ4n) is 1.29. The van der Waals surface area contributed by atoms with Gasteiger partial charge in [0.2, 0.25) is 0 Å². The van der Waals surface area contributed by atoms with E-state index in [9.17, 15) is 4.79 Å². The van der Waals surface area contributed by atoms with Gasteiger partial charge in [-0.3, -0.25) is 4.79 Å². The number of ether oxygens (including phenoxy) is 2. The molecule has 15 heavy (non-hydrogen) atoms. The topological polar surface area (TPSA) is 35.5 Å². The van der Waals surface area contributed by atoms with Gasteiger partial charge in [-0.25, -0.2) is 0 Å². The molecule has 3 heteroatoms. The van der Waals surface area contributed by atoms with Gasteiger partial charge in [-0.15, -0.1) is 0 Å². The molecule has 0 atom stereocenters. The van der Waals surface area contributed by atoms with Crippen LogP contribution in [0.15, 0.2) is 24.3 Å². The van der Waals surface area contributed by atoms with Gasteiger partial charge in [-0.2, -0.15) is 0 Å². The van der Waals surface area contributed by atoms with Crippen molar-refractivity contribution in [3.05, 3.63) is 24.3 Å². The third-order valence-corrected chi connectivity index (χ3v) is 2.26. The van der Waals surface area contributed by atoms with Crippen molar-refractivity contribution in [3.63, 3.8) is 0 Å². The molecule has 0 bridgehead atoms. The van der Waals surface area contributed by atoms with E-state index in [1.165, 1.54) is 0 Å². The average Bonchev–Trinajstić information content (AvgIpc) is 3.04. The fraction of sp³-hybridized carbons (Fsp3) is 0.417. The summed E-state index contributed by atoms with van der Waals surface area (Å²) in [5, 5.41) is 0. The average molecular weight is 206 g/mol. The number of carbonyl (C=O) groups excluding carboxylic acids is 1. The first kappa shape index (κ1) is 10.0. The number of esters is 1. The lowest BCUT2D eigenvalue weighted by molar-refractivity contribution is -0.135. The van der Waals surface area contributed by atoms with Crippen LogP contribution in [0.25, 0.3) is 0 Å². The Hall–Kier alpha value is -1.51. The third kappa shape index (κ3) is 2.72. The Morgan fingerprint density at radius 3 is 2.40 bits per heavy atom. The summed E-state index contributed by atoms with van der Waals surface area (Å²) in [4.78, 5) is 11.3. The summed E-state index contributed by atoms with van der Waals surface area (Å²) in [5.41, 5.74) is 0. The standard InChI is InChI=1S/C12H14O3/c1-2-14-10-5-7-11(8-6-10)15-12(13)9-3-4-9/h5-9H,2-4H2,1H3. The molecular formula is C12H14O3. The predicted molar refractivity (Wildman–Crippen MR) is 56.0 cm³/mol. The van der Waals surface area contributed by atoms with Gasteiger partial charge >= 0.3 is 5.97 Å². The molecule has 1 fully saturated rings. The molecule has 0 unspecified atom stereocenters. The number of hydrogen-bond acceptors (Lipinski definition) is 3. The fourth-order valence-corrected chi connectivity index (χ4v) is 1.29. The summed E-state index contributed by atoms with van der Waals surface area (Å²) in [7, 11) is 0. The lowest BCUT2D eigenvalue weighted by Gasteiger charge is -2.05. The highest BCUT2D eigenvalue weighted by Crippen LogP contribution is 2.31. The van der Waals surface area contributed by atoms with Crippen molar-refractivity contribution in [1.82, 2.24) is 0 Å². The quantitative estimate of drug-likeness (QED) is 0.560. The molecule has 1 aromatic carbocycles. The second-order valence-corrected chi connectivity index (χ2v) is 3.60. The zero-order valence-electron chi connectivity index (χ0n) is 8.73. The van der Waals surface area contributed by atoms with Gasteiger partial charge in [0, 0.05) is 0 Å². The first-order chi connectivity index (χ1) is 7.29. The highest BCUT2D eigenvalue weighted by atomic mass is 16.5. The minimum absolute atomic E-state index is 0.112. The van der Waals surface area contributed by atoms with Gasteiger partial charge in [0.15, 0.2) is 0 Å². The molecule has 0 heterocycles. The Labute approximate surface area is 89.0 Å². The van der Waals surface area contributed by atoms with Crippen molar-refractivity contribution in [3.8, 4) is 11.5 Å². The van der Waals surface area contributed by atoms with Gasteiger partial charge in [-0.05, 0) is 44.0 Å². The lowest BCUT2D eigenvalue weighted by atomic mass is 10.3. The van der Waals surface area contributed by atoms with Crippen LogP contribution in [-0.4, -0.2) is 12.6 Å². The van der Waals surface area contributed by atoms with Crippen LogP contribution in [0.3, 0.4) is 0 Å². The smallest absolute Gasteiger partial charge is 0.314 e. The molecule has 1 aliphatic carbocycles. The molecule has 1 aliphatic rings. The van der Waals surface area contributed by atoms with E-state index in [2.05, 4.69) is 0 Å². The van der Waals surface area contributed by atoms with Crippen LogP contribution in [0.5, 0.6) is 11.5 Å². The third-order valence-electron chi connectivity index (χ3n) is 2.26. The lowest BCUT2D eigenvalue weighted by Crippen LogP contribution is -2.09. The maximum Gasteiger partial charge on any atom is 0.314 e. The molecule has 2 rings (SSSR count). The first-order valence-electron chi connectivity index (χ1n) is 5.24. The minimum atomic E-state index is -0.112. The number of benzene rings is 1. The first-order valence-corrected chi connectivity index (χ1v) is 5.24. The SMILES string of the molecule is CCOc1ccc(OC(=O)C2CC2)cc1. The van der Waals surface area contributed by atoms with Crippen molar-refractivity contribution in [2.75, 3.05) is 6.61 Å². The summed E-state index contributed by atoms with van der Waals surface area (Å²) in [6.07, 6.45) is 1.94. The molecule has 80 valence electrons. The Bertz CT molecular complexity index is 338. The van der Waals surface area contributed by atoms with Crippen molar-refractivity contribution in [2.24, 2.45) is 5.92 Å². The molecule has 1 aromatic rings. The van der Waals surface area contributed by atoms with Crippen LogP contribution in [0, 0.1) is 5.92 Å². The molecular weight excluding hydrogens is 192 g/mol. The molecule has 0 N–H and O–H groups in total. The summed E-state index contributed by atoms with van der Waals surface area (Å²) in [5.74, 6) is 1.41. The molecule has 3 nitrogen and oxygen atoms in total. The monoisotopic (exact) mass is 206 g/mol. The zero-order valence-corrected chi connectivity index (χ0v) is 8.73. The molecule has 0 aromatic heterocycles. The number of rotatable bonds is 4. The van der Waals surface area contributed by atoms with Gasteiger partial charge in [0.1, 0.15) is 11.5 Å². The van der Waals surface area contributed by atoms with E-state index in [-0.39, 0.29) is 11.9 Å². The number of hydrogen-bond donors (Lipinski definition) is 0. The van der Waals surface area contributed by atoms with Gasteiger partial charge in [0.25, 0.3) is 0 Å². The van der Waals surface area contributed by atoms with E-state index in [1.807, 2.05) is 6.92 Å². The normalized spacial score (nSPS) is 14.7. The summed E-state index contributed by atoms with van der Waals surface area (Å²) in [6.45, 7) is 2.57. The van der Waals surface area contributed by atoms with Crippen molar-refractivity contribution < 1.29 is 14.3 Å². The molecule has 0 amide bonds. The molecule has 1 saturated carbocycles. The molecule has 0 aliphatic heterocycles.